The number of benzene rings is 1. The highest BCUT2D eigenvalue weighted by molar-refractivity contribution is 6.68. The Morgan fingerprint density at radius 1 is 1.35 bits per heavy atom. The highest BCUT2D eigenvalue weighted by Gasteiger charge is 2.32. The van der Waals surface area contributed by atoms with Gasteiger partial charge in [0.15, 0.2) is 6.23 Å². The number of anilines is 1. The molecular weight excluding hydrogens is 310 g/mol. The predicted octanol–water partition coefficient (Wildman–Crippen LogP) is 3.15. The van der Waals surface area contributed by atoms with Crippen molar-refractivity contribution in [2.75, 3.05) is 5.32 Å². The Balaban J connectivity index is 2.56. The molecule has 0 saturated heterocycles. The van der Waals surface area contributed by atoms with Gasteiger partial charge in [0.05, 0.1) is 0 Å². The Hall–Kier alpha value is -0.390. The van der Waals surface area contributed by atoms with E-state index < -0.39 is 16.1 Å². The lowest BCUT2D eigenvalue weighted by Gasteiger charge is -2.20. The molecule has 1 aromatic rings. The molecule has 3 N–H and O–H groups in total. The van der Waals surface area contributed by atoms with Gasteiger partial charge in [0.2, 0.25) is 3.79 Å². The number of rotatable bonds is 2. The van der Waals surface area contributed by atoms with Crippen molar-refractivity contribution in [3.05, 3.63) is 29.3 Å². The van der Waals surface area contributed by atoms with Crippen molar-refractivity contribution in [1.29, 1.82) is 0 Å². The van der Waals surface area contributed by atoms with Gasteiger partial charge in [-0.1, -0.05) is 52.5 Å². The number of aliphatic hydroxyl groups excluding tert-OH is 1. The van der Waals surface area contributed by atoms with Crippen molar-refractivity contribution in [3.8, 4) is 0 Å². The van der Waals surface area contributed by atoms with Gasteiger partial charge in [0, 0.05) is 10.7 Å². The van der Waals surface area contributed by atoms with E-state index in [-0.39, 0.29) is 0 Å². The summed E-state index contributed by atoms with van der Waals surface area (Å²) >= 11 is 21.8. The molecule has 0 aromatic heterocycles. The molecule has 17 heavy (non-hydrogen) atoms. The fourth-order valence-electron chi connectivity index (χ4n) is 0.939. The summed E-state index contributed by atoms with van der Waals surface area (Å²) in [6, 6.07) is 5.74. The molecule has 0 radical (unpaired) electrons. The predicted molar refractivity (Wildman–Crippen MR) is 69.9 cm³/mol. The SMILES string of the molecule is O=C(Nc1cccc(Cl)c1)NC(O)C(Cl)(Cl)Cl. The van der Waals surface area contributed by atoms with Crippen molar-refractivity contribution in [2.45, 2.75) is 10.0 Å². The number of hydrogen-bond donors (Lipinski definition) is 3. The molecule has 0 aliphatic heterocycles. The molecule has 0 aliphatic carbocycles. The first-order valence-corrected chi connectivity index (χ1v) is 5.88. The smallest absolute Gasteiger partial charge is 0.321 e. The lowest BCUT2D eigenvalue weighted by Crippen LogP contribution is -2.45. The number of aliphatic hydroxyl groups is 1. The molecule has 0 heterocycles. The van der Waals surface area contributed by atoms with Crippen LogP contribution in [0.1, 0.15) is 0 Å². The number of carbonyl (C=O) groups is 1. The highest BCUT2D eigenvalue weighted by atomic mass is 35.6. The summed E-state index contributed by atoms with van der Waals surface area (Å²) in [5, 5.41) is 14.2. The maximum absolute atomic E-state index is 11.4. The molecular formula is C9H8Cl4N2O2. The van der Waals surface area contributed by atoms with E-state index in [1.165, 1.54) is 6.07 Å². The summed E-state index contributed by atoms with van der Waals surface area (Å²) < 4.78 is -1.99. The van der Waals surface area contributed by atoms with Crippen LogP contribution in [0.3, 0.4) is 0 Å². The van der Waals surface area contributed by atoms with E-state index in [0.29, 0.717) is 10.7 Å². The first-order valence-electron chi connectivity index (χ1n) is 4.37. The van der Waals surface area contributed by atoms with Gasteiger partial charge in [-0.3, -0.25) is 0 Å². The summed E-state index contributed by atoms with van der Waals surface area (Å²) in [5.74, 6) is 0. The molecule has 1 aromatic carbocycles. The van der Waals surface area contributed by atoms with Gasteiger partial charge in [-0.05, 0) is 18.2 Å². The van der Waals surface area contributed by atoms with E-state index in [4.69, 9.17) is 46.4 Å². The topological polar surface area (TPSA) is 61.4 Å². The van der Waals surface area contributed by atoms with E-state index in [9.17, 15) is 9.90 Å². The van der Waals surface area contributed by atoms with Crippen LogP contribution in [0.4, 0.5) is 10.5 Å². The molecule has 0 spiro atoms. The number of alkyl halides is 3. The third-order valence-electron chi connectivity index (χ3n) is 1.66. The van der Waals surface area contributed by atoms with Crippen molar-refractivity contribution in [3.63, 3.8) is 0 Å². The highest BCUT2D eigenvalue weighted by Crippen LogP contribution is 2.28. The molecule has 0 fully saturated rings. The zero-order chi connectivity index (χ0) is 13.1. The lowest BCUT2D eigenvalue weighted by atomic mass is 10.3. The number of amides is 2. The van der Waals surface area contributed by atoms with Crippen LogP contribution in [0, 0.1) is 0 Å². The zero-order valence-corrected chi connectivity index (χ0v) is 11.3. The lowest BCUT2D eigenvalue weighted by molar-refractivity contribution is 0.148. The van der Waals surface area contributed by atoms with Gasteiger partial charge in [0.25, 0.3) is 0 Å². The first-order chi connectivity index (χ1) is 7.79. The largest absolute Gasteiger partial charge is 0.369 e. The van der Waals surface area contributed by atoms with Crippen LogP contribution in [0.25, 0.3) is 0 Å². The van der Waals surface area contributed by atoms with E-state index in [0.717, 1.165) is 0 Å². The van der Waals surface area contributed by atoms with Crippen LogP contribution in [0.5, 0.6) is 0 Å². The molecule has 2 amide bonds. The third-order valence-corrected chi connectivity index (χ3v) is 2.52. The van der Waals surface area contributed by atoms with Crippen LogP contribution in [-0.4, -0.2) is 21.2 Å². The second-order valence-corrected chi connectivity index (χ2v) is 5.86. The normalized spacial score (nSPS) is 13.0. The summed E-state index contributed by atoms with van der Waals surface area (Å²) in [5.41, 5.74) is 0.450. The fraction of sp³-hybridized carbons (Fsp3) is 0.222. The molecule has 94 valence electrons. The van der Waals surface area contributed by atoms with Crippen LogP contribution >= 0.6 is 46.4 Å². The summed E-state index contributed by atoms with van der Waals surface area (Å²) in [6.07, 6.45) is -1.62. The third kappa shape index (κ3) is 5.19. The first kappa shape index (κ1) is 14.7. The van der Waals surface area contributed by atoms with E-state index in [1.807, 2.05) is 0 Å². The van der Waals surface area contributed by atoms with Gasteiger partial charge in [0.1, 0.15) is 0 Å². The van der Waals surface area contributed by atoms with Crippen LogP contribution in [0.2, 0.25) is 5.02 Å². The van der Waals surface area contributed by atoms with Crippen molar-refractivity contribution >= 4 is 58.1 Å². The van der Waals surface area contributed by atoms with Crippen molar-refractivity contribution in [2.24, 2.45) is 0 Å². The van der Waals surface area contributed by atoms with Crippen molar-refractivity contribution < 1.29 is 9.90 Å². The number of hydrogen-bond acceptors (Lipinski definition) is 2. The van der Waals surface area contributed by atoms with Crippen LogP contribution in [0.15, 0.2) is 24.3 Å². The molecule has 0 bridgehead atoms. The molecule has 0 aliphatic rings. The molecule has 1 atom stereocenters. The quantitative estimate of drug-likeness (QED) is 0.579. The number of urea groups is 1. The Morgan fingerprint density at radius 3 is 2.53 bits per heavy atom. The minimum absolute atomic E-state index is 0.450. The van der Waals surface area contributed by atoms with Crippen molar-refractivity contribution in [1.82, 2.24) is 5.32 Å². The molecule has 1 unspecified atom stereocenters. The second-order valence-electron chi connectivity index (χ2n) is 3.05. The summed E-state index contributed by atoms with van der Waals surface area (Å²) in [6.45, 7) is 0. The van der Waals surface area contributed by atoms with Gasteiger partial charge in [-0.2, -0.15) is 0 Å². The minimum Gasteiger partial charge on any atom is -0.369 e. The van der Waals surface area contributed by atoms with Gasteiger partial charge in [-0.25, -0.2) is 4.79 Å². The Labute approximate surface area is 118 Å². The average Bonchev–Trinajstić information content (AvgIpc) is 2.15. The maximum atomic E-state index is 11.4. The van der Waals surface area contributed by atoms with E-state index in [1.54, 1.807) is 18.2 Å². The molecule has 0 saturated carbocycles. The summed E-state index contributed by atoms with van der Waals surface area (Å²) in [7, 11) is 0. The Morgan fingerprint density at radius 2 is 2.00 bits per heavy atom. The van der Waals surface area contributed by atoms with Gasteiger partial charge >= 0.3 is 6.03 Å². The number of carbonyl (C=O) groups excluding carboxylic acids is 1. The molecule has 8 heteroatoms. The summed E-state index contributed by atoms with van der Waals surface area (Å²) in [4.78, 5) is 11.4. The molecule has 1 rings (SSSR count). The van der Waals surface area contributed by atoms with E-state index in [2.05, 4.69) is 10.6 Å². The van der Waals surface area contributed by atoms with Gasteiger partial charge in [-0.15, -0.1) is 0 Å². The average molecular weight is 318 g/mol. The Bertz CT molecular complexity index is 408. The van der Waals surface area contributed by atoms with Gasteiger partial charge < -0.3 is 15.7 Å². The van der Waals surface area contributed by atoms with E-state index >= 15 is 0 Å². The number of nitrogens with one attached hydrogen (secondary N) is 2. The monoisotopic (exact) mass is 316 g/mol. The second kappa shape index (κ2) is 5.98. The van der Waals surface area contributed by atoms with Crippen LogP contribution < -0.4 is 10.6 Å². The Kier molecular flexibility index (Phi) is 5.16. The standard InChI is InChI=1S/C9H8Cl4N2O2/c10-5-2-1-3-6(4-5)14-8(17)15-7(16)9(11,12)13/h1-4,7,16H,(H2,14,15,17). The number of halogens is 4. The van der Waals surface area contributed by atoms with Crippen LogP contribution in [-0.2, 0) is 0 Å². The zero-order valence-electron chi connectivity index (χ0n) is 8.25. The minimum atomic E-state index is -1.99. The molecule has 4 nitrogen and oxygen atoms in total. The maximum Gasteiger partial charge on any atom is 0.321 e. The fourth-order valence-corrected chi connectivity index (χ4v) is 1.29.